The van der Waals surface area contributed by atoms with Crippen LogP contribution in [0.3, 0.4) is 0 Å². The number of alkyl halides is 3. The quantitative estimate of drug-likeness (QED) is 0.659. The van der Waals surface area contributed by atoms with Crippen LogP contribution in [-0.2, 0) is 11.2 Å². The molecule has 0 saturated heterocycles. The molecule has 1 amide bonds. The van der Waals surface area contributed by atoms with E-state index in [0.29, 0.717) is 5.56 Å². The first-order chi connectivity index (χ1) is 12.7. The van der Waals surface area contributed by atoms with Crippen molar-refractivity contribution in [3.8, 4) is 11.5 Å². The zero-order valence-corrected chi connectivity index (χ0v) is 15.0. The Morgan fingerprint density at radius 2 is 1.89 bits per heavy atom. The van der Waals surface area contributed by atoms with E-state index >= 15 is 0 Å². The number of rotatable bonds is 7. The number of anilines is 1. The molecule has 0 aromatic heterocycles. The van der Waals surface area contributed by atoms with Crippen LogP contribution in [0.2, 0.25) is 5.02 Å². The maximum absolute atomic E-state index is 13.7. The van der Waals surface area contributed by atoms with E-state index in [1.165, 1.54) is 37.4 Å². The van der Waals surface area contributed by atoms with Crippen molar-refractivity contribution in [2.45, 2.75) is 19.0 Å². The highest BCUT2D eigenvalue weighted by molar-refractivity contribution is 6.30. The van der Waals surface area contributed by atoms with Crippen molar-refractivity contribution in [1.29, 1.82) is 0 Å². The Labute approximate surface area is 158 Å². The highest BCUT2D eigenvalue weighted by Gasteiger charge is 2.29. The van der Waals surface area contributed by atoms with Gasteiger partial charge in [-0.05, 0) is 42.3 Å². The van der Waals surface area contributed by atoms with Crippen LogP contribution in [0.5, 0.6) is 11.5 Å². The molecule has 2 aromatic rings. The summed E-state index contributed by atoms with van der Waals surface area (Å²) in [6.07, 6.45) is -4.15. The third-order valence-corrected chi connectivity index (χ3v) is 3.70. The number of benzene rings is 2. The molecular formula is C18H16ClF4NO3. The van der Waals surface area contributed by atoms with Gasteiger partial charge in [-0.15, -0.1) is 0 Å². The van der Waals surface area contributed by atoms with Gasteiger partial charge in [0.25, 0.3) is 0 Å². The molecule has 146 valence electrons. The zero-order valence-electron chi connectivity index (χ0n) is 14.2. The van der Waals surface area contributed by atoms with Gasteiger partial charge < -0.3 is 14.8 Å². The van der Waals surface area contributed by atoms with Gasteiger partial charge >= 0.3 is 6.18 Å². The van der Waals surface area contributed by atoms with Crippen molar-refractivity contribution in [3.05, 3.63) is 52.8 Å². The summed E-state index contributed by atoms with van der Waals surface area (Å²) in [5.41, 5.74) is 0.663. The minimum Gasteiger partial charge on any atom is -0.493 e. The van der Waals surface area contributed by atoms with Crippen LogP contribution >= 0.6 is 11.6 Å². The second-order valence-corrected chi connectivity index (χ2v) is 6.00. The number of amides is 1. The summed E-state index contributed by atoms with van der Waals surface area (Å²) in [6.45, 7) is -1.43. The molecule has 0 bridgehead atoms. The predicted molar refractivity (Wildman–Crippen MR) is 92.9 cm³/mol. The number of aryl methyl sites for hydroxylation is 1. The van der Waals surface area contributed by atoms with Gasteiger partial charge in [-0.3, -0.25) is 4.79 Å². The fraction of sp³-hybridized carbons (Fsp3) is 0.278. The minimum atomic E-state index is -4.46. The van der Waals surface area contributed by atoms with Crippen LogP contribution in [-0.4, -0.2) is 25.8 Å². The van der Waals surface area contributed by atoms with Crippen molar-refractivity contribution in [2.24, 2.45) is 0 Å². The van der Waals surface area contributed by atoms with E-state index in [1.54, 1.807) is 0 Å². The molecule has 0 aliphatic carbocycles. The molecule has 0 spiro atoms. The van der Waals surface area contributed by atoms with Crippen LogP contribution in [0.1, 0.15) is 12.0 Å². The monoisotopic (exact) mass is 405 g/mol. The summed E-state index contributed by atoms with van der Waals surface area (Å²) < 4.78 is 60.1. The van der Waals surface area contributed by atoms with E-state index in [1.807, 2.05) is 0 Å². The molecule has 4 nitrogen and oxygen atoms in total. The van der Waals surface area contributed by atoms with E-state index in [4.69, 9.17) is 21.1 Å². The van der Waals surface area contributed by atoms with Crippen molar-refractivity contribution in [3.63, 3.8) is 0 Å². The molecule has 1 N–H and O–H groups in total. The average Bonchev–Trinajstić information content (AvgIpc) is 2.60. The van der Waals surface area contributed by atoms with E-state index in [9.17, 15) is 22.4 Å². The number of carbonyl (C=O) groups is 1. The molecule has 0 radical (unpaired) electrons. The van der Waals surface area contributed by atoms with Crippen LogP contribution in [0.25, 0.3) is 0 Å². The first kappa shape index (κ1) is 20.8. The fourth-order valence-corrected chi connectivity index (χ4v) is 2.37. The maximum Gasteiger partial charge on any atom is 0.422 e. The Morgan fingerprint density at radius 3 is 2.52 bits per heavy atom. The standard InChI is InChI=1S/C18H16ClF4NO3/c1-26-16-8-11(2-6-15(16)27-10-18(21,22)23)3-7-17(25)24-14-5-4-12(19)9-13(14)20/h2,4-6,8-9H,3,7,10H2,1H3,(H,24,25). The summed E-state index contributed by atoms with van der Waals surface area (Å²) >= 11 is 5.65. The van der Waals surface area contributed by atoms with Crippen molar-refractivity contribution in [1.82, 2.24) is 0 Å². The Balaban J connectivity index is 1.95. The third-order valence-electron chi connectivity index (χ3n) is 3.47. The summed E-state index contributed by atoms with van der Waals surface area (Å²) in [5, 5.41) is 2.64. The lowest BCUT2D eigenvalue weighted by molar-refractivity contribution is -0.153. The molecule has 27 heavy (non-hydrogen) atoms. The average molecular weight is 406 g/mol. The van der Waals surface area contributed by atoms with Crippen LogP contribution in [0.15, 0.2) is 36.4 Å². The molecule has 2 aromatic carbocycles. The lowest BCUT2D eigenvalue weighted by Crippen LogP contribution is -2.19. The van der Waals surface area contributed by atoms with Crippen LogP contribution in [0.4, 0.5) is 23.2 Å². The number of methoxy groups -OCH3 is 1. The smallest absolute Gasteiger partial charge is 0.422 e. The molecule has 9 heteroatoms. The second-order valence-electron chi connectivity index (χ2n) is 5.56. The van der Waals surface area contributed by atoms with Crippen LogP contribution in [0, 0.1) is 5.82 Å². The largest absolute Gasteiger partial charge is 0.493 e. The number of halogens is 5. The normalized spacial score (nSPS) is 11.2. The highest BCUT2D eigenvalue weighted by atomic mass is 35.5. The van der Waals surface area contributed by atoms with Gasteiger partial charge in [0.05, 0.1) is 12.8 Å². The van der Waals surface area contributed by atoms with Gasteiger partial charge in [-0.25, -0.2) is 4.39 Å². The summed E-state index contributed by atoms with van der Waals surface area (Å²) in [4.78, 5) is 12.0. The van der Waals surface area contributed by atoms with Gasteiger partial charge in [-0.1, -0.05) is 17.7 Å². The summed E-state index contributed by atoms with van der Waals surface area (Å²) in [5.74, 6) is -0.997. The fourth-order valence-electron chi connectivity index (χ4n) is 2.21. The van der Waals surface area contributed by atoms with Crippen molar-refractivity contribution >= 4 is 23.2 Å². The predicted octanol–water partition coefficient (Wildman–Crippen LogP) is 5.00. The molecule has 0 fully saturated rings. The minimum absolute atomic E-state index is 0.0119. The lowest BCUT2D eigenvalue weighted by Gasteiger charge is -2.13. The van der Waals surface area contributed by atoms with Crippen molar-refractivity contribution < 1.29 is 31.8 Å². The summed E-state index contributed by atoms with van der Waals surface area (Å²) in [7, 11) is 1.30. The maximum atomic E-state index is 13.7. The van der Waals surface area contributed by atoms with Gasteiger partial charge in [0, 0.05) is 11.4 Å². The SMILES string of the molecule is COc1cc(CCC(=O)Nc2ccc(Cl)cc2F)ccc1OCC(F)(F)F. The Hall–Kier alpha value is -2.48. The molecule has 0 atom stereocenters. The molecule has 0 saturated carbocycles. The molecular weight excluding hydrogens is 390 g/mol. The number of ether oxygens (including phenoxy) is 2. The van der Waals surface area contributed by atoms with E-state index in [0.717, 1.165) is 6.07 Å². The summed E-state index contributed by atoms with van der Waals surface area (Å²) in [6, 6.07) is 8.25. The second kappa shape index (κ2) is 8.94. The highest BCUT2D eigenvalue weighted by Crippen LogP contribution is 2.30. The van der Waals surface area contributed by atoms with E-state index < -0.39 is 24.5 Å². The molecule has 0 aliphatic heterocycles. The van der Waals surface area contributed by atoms with E-state index in [-0.39, 0.29) is 35.1 Å². The number of nitrogens with one attached hydrogen (secondary N) is 1. The van der Waals surface area contributed by atoms with Gasteiger partial charge in [0.2, 0.25) is 5.91 Å². The van der Waals surface area contributed by atoms with Crippen molar-refractivity contribution in [2.75, 3.05) is 19.0 Å². The van der Waals surface area contributed by atoms with E-state index in [2.05, 4.69) is 5.32 Å². The first-order valence-electron chi connectivity index (χ1n) is 7.79. The Kier molecular flexibility index (Phi) is 6.90. The van der Waals surface area contributed by atoms with Gasteiger partial charge in [-0.2, -0.15) is 13.2 Å². The molecule has 0 heterocycles. The Bertz CT molecular complexity index is 812. The lowest BCUT2D eigenvalue weighted by atomic mass is 10.1. The molecule has 2 rings (SSSR count). The van der Waals surface area contributed by atoms with Gasteiger partial charge in [0.1, 0.15) is 5.82 Å². The number of hydrogen-bond acceptors (Lipinski definition) is 3. The molecule has 0 aliphatic rings. The Morgan fingerprint density at radius 1 is 1.15 bits per heavy atom. The zero-order chi connectivity index (χ0) is 20.0. The topological polar surface area (TPSA) is 47.6 Å². The number of carbonyl (C=O) groups excluding carboxylic acids is 1. The number of hydrogen-bond donors (Lipinski definition) is 1. The first-order valence-corrected chi connectivity index (χ1v) is 8.17. The van der Waals surface area contributed by atoms with Gasteiger partial charge in [0.15, 0.2) is 18.1 Å². The van der Waals surface area contributed by atoms with Crippen LogP contribution < -0.4 is 14.8 Å². The molecule has 0 unspecified atom stereocenters. The third kappa shape index (κ3) is 6.63.